The van der Waals surface area contributed by atoms with E-state index in [0.29, 0.717) is 5.56 Å². The number of nitrogens with one attached hydrogen (secondary N) is 1. The number of halogens is 2. The quantitative estimate of drug-likeness (QED) is 0.327. The third kappa shape index (κ3) is 4.44. The second kappa shape index (κ2) is 11.1. The predicted molar refractivity (Wildman–Crippen MR) is 173 cm³/mol. The molecule has 7 rings (SSSR count). The molecule has 0 radical (unpaired) electrons. The van der Waals surface area contributed by atoms with Gasteiger partial charge in [-0.1, -0.05) is 36.9 Å². The van der Waals surface area contributed by atoms with Gasteiger partial charge in [-0.15, -0.1) is 0 Å². The number of fused-ring (bicyclic) bond motifs is 7. The van der Waals surface area contributed by atoms with E-state index in [-0.39, 0.29) is 24.8 Å². The Kier molecular flexibility index (Phi) is 7.69. The first kappa shape index (κ1) is 32.6. The van der Waals surface area contributed by atoms with Crippen molar-refractivity contribution in [2.45, 2.75) is 92.2 Å². The summed E-state index contributed by atoms with van der Waals surface area (Å²) < 4.78 is 46.9. The maximum Gasteiger partial charge on any atom is 0.193 e. The summed E-state index contributed by atoms with van der Waals surface area (Å²) in [4.78, 5) is 28.1. The molecule has 5 aliphatic rings. The van der Waals surface area contributed by atoms with Crippen LogP contribution in [0, 0.1) is 22.7 Å². The van der Waals surface area contributed by atoms with Crippen molar-refractivity contribution in [1.82, 2.24) is 0 Å². The number of alkyl halides is 2. The second-order valence-corrected chi connectivity index (χ2v) is 15.4. The standard InChI is InChI=1S/C37H41F2NO6S/c1-5-40-22-8-12-25(13-9-22)47-24-10-6-21(7-11-24)35(4)45-32-18-26-27-17-29(38)28-16-23(42)14-15-33(28,2)36(27,39)30(43)19-34(26,3)37(32,46-35)31(44)20-41/h6-16,26-27,29-30,32,40-41,43H,5,17-20H2,1-4H3/t26-,27-,29-,30-,32+,33-,34-,35-,36-,37+/m0/s1. The molecule has 1 heterocycles. The number of aliphatic hydroxyl groups excluding tert-OH is 2. The van der Waals surface area contributed by atoms with Gasteiger partial charge in [-0.3, -0.25) is 9.59 Å². The van der Waals surface area contributed by atoms with E-state index in [1.54, 1.807) is 32.5 Å². The normalized spacial score (nSPS) is 41.8. The highest BCUT2D eigenvalue weighted by molar-refractivity contribution is 7.99. The van der Waals surface area contributed by atoms with Crippen LogP contribution in [0.2, 0.25) is 0 Å². The highest BCUT2D eigenvalue weighted by Gasteiger charge is 2.81. The number of rotatable bonds is 7. The number of anilines is 1. The van der Waals surface area contributed by atoms with Gasteiger partial charge in [0.1, 0.15) is 12.8 Å². The van der Waals surface area contributed by atoms with Crippen LogP contribution < -0.4 is 5.32 Å². The number of benzene rings is 2. The smallest absolute Gasteiger partial charge is 0.193 e. The number of allylic oxidation sites excluding steroid dienone is 4. The first-order chi connectivity index (χ1) is 22.3. The van der Waals surface area contributed by atoms with E-state index in [4.69, 9.17) is 9.47 Å². The lowest BCUT2D eigenvalue weighted by Crippen LogP contribution is -2.71. The van der Waals surface area contributed by atoms with Gasteiger partial charge in [0.05, 0.1) is 12.2 Å². The summed E-state index contributed by atoms with van der Waals surface area (Å²) in [6.45, 7) is 7.12. The van der Waals surface area contributed by atoms with Crippen molar-refractivity contribution in [2.24, 2.45) is 22.7 Å². The van der Waals surface area contributed by atoms with Crippen LogP contribution in [-0.2, 0) is 24.8 Å². The molecular formula is C37H41F2NO6S. The summed E-state index contributed by atoms with van der Waals surface area (Å²) in [7, 11) is 0. The summed E-state index contributed by atoms with van der Waals surface area (Å²) in [6, 6.07) is 15.8. The number of ether oxygens (including phenoxy) is 2. The molecule has 2 aromatic carbocycles. The fourth-order valence-corrected chi connectivity index (χ4v) is 10.5. The molecule has 0 bridgehead atoms. The van der Waals surface area contributed by atoms with E-state index >= 15 is 8.78 Å². The topological polar surface area (TPSA) is 105 Å². The molecule has 1 saturated heterocycles. The maximum atomic E-state index is 17.6. The zero-order valence-electron chi connectivity index (χ0n) is 27.0. The number of Topliss-reactive ketones (excluding diaryl/α,β-unsaturated/α-hetero) is 1. The molecule has 0 aromatic heterocycles. The summed E-state index contributed by atoms with van der Waals surface area (Å²) >= 11 is 1.60. The van der Waals surface area contributed by atoms with Gasteiger partial charge < -0.3 is 25.0 Å². The van der Waals surface area contributed by atoms with Gasteiger partial charge >= 0.3 is 0 Å². The maximum absolute atomic E-state index is 17.6. The fraction of sp³-hybridized carbons (Fsp3) is 0.514. The SMILES string of the molecule is CCNc1ccc(Sc2ccc([C@@]3(C)O[C@@H]4C[C@H]5[C@@H]6C[C@H](F)C7=CC(=O)C=C[C@]7(C)[C@@]6(F)[C@@H](O)C[C@]5(C)[C@]4(C(=O)CO)O3)cc2)cc1. The van der Waals surface area contributed by atoms with Crippen LogP contribution in [0.25, 0.3) is 0 Å². The van der Waals surface area contributed by atoms with Gasteiger partial charge in [-0.2, -0.15) is 0 Å². The van der Waals surface area contributed by atoms with Crippen LogP contribution in [0.4, 0.5) is 14.5 Å². The number of carbonyl (C=O) groups is 2. The molecule has 0 amide bonds. The average Bonchev–Trinajstić information content (AvgIpc) is 3.48. The van der Waals surface area contributed by atoms with Gasteiger partial charge in [-0.05, 0) is 100 Å². The fourth-order valence-electron chi connectivity index (χ4n) is 9.70. The Morgan fingerprint density at radius 3 is 2.34 bits per heavy atom. The molecule has 4 aliphatic carbocycles. The summed E-state index contributed by atoms with van der Waals surface area (Å²) in [5.41, 5.74) is -4.97. The minimum atomic E-state index is -2.30. The zero-order valence-corrected chi connectivity index (χ0v) is 27.8. The molecule has 10 heteroatoms. The predicted octanol–water partition coefficient (Wildman–Crippen LogP) is 6.09. The van der Waals surface area contributed by atoms with Gasteiger partial charge in [0.15, 0.2) is 28.6 Å². The monoisotopic (exact) mass is 665 g/mol. The Balaban J connectivity index is 1.20. The molecular weight excluding hydrogens is 624 g/mol. The highest BCUT2D eigenvalue weighted by Crippen LogP contribution is 2.73. The molecule has 7 nitrogen and oxygen atoms in total. The van der Waals surface area contributed by atoms with Crippen molar-refractivity contribution >= 4 is 29.0 Å². The van der Waals surface area contributed by atoms with Gasteiger partial charge in [0.25, 0.3) is 0 Å². The van der Waals surface area contributed by atoms with Crippen molar-refractivity contribution in [3.8, 4) is 0 Å². The lowest BCUT2D eigenvalue weighted by Gasteiger charge is -2.63. The second-order valence-electron chi connectivity index (χ2n) is 14.2. The zero-order chi connectivity index (χ0) is 33.6. The number of hydrogen-bond acceptors (Lipinski definition) is 8. The molecule has 4 fully saturated rings. The van der Waals surface area contributed by atoms with Gasteiger partial charge in [-0.25, -0.2) is 8.78 Å². The molecule has 47 heavy (non-hydrogen) atoms. The van der Waals surface area contributed by atoms with E-state index in [0.717, 1.165) is 28.1 Å². The molecule has 0 unspecified atom stereocenters. The molecule has 0 spiro atoms. The van der Waals surface area contributed by atoms with Crippen molar-refractivity contribution in [1.29, 1.82) is 0 Å². The van der Waals surface area contributed by atoms with Crippen molar-refractivity contribution in [3.05, 3.63) is 77.9 Å². The van der Waals surface area contributed by atoms with E-state index in [1.807, 2.05) is 55.5 Å². The minimum Gasteiger partial charge on any atom is -0.390 e. The average molecular weight is 666 g/mol. The van der Waals surface area contributed by atoms with Crippen LogP contribution >= 0.6 is 11.8 Å². The lowest BCUT2D eigenvalue weighted by atomic mass is 9.44. The van der Waals surface area contributed by atoms with E-state index in [9.17, 15) is 19.8 Å². The van der Waals surface area contributed by atoms with Crippen molar-refractivity contribution in [2.75, 3.05) is 18.5 Å². The van der Waals surface area contributed by atoms with Crippen LogP contribution in [-0.4, -0.2) is 64.6 Å². The van der Waals surface area contributed by atoms with Crippen molar-refractivity contribution < 1.29 is 38.1 Å². The van der Waals surface area contributed by atoms with Crippen LogP contribution in [0.5, 0.6) is 0 Å². The molecule has 2 aromatic rings. The third-order valence-corrected chi connectivity index (χ3v) is 12.9. The summed E-state index contributed by atoms with van der Waals surface area (Å²) in [5.74, 6) is -4.00. The molecule has 1 aliphatic heterocycles. The Hall–Kier alpha value is -2.89. The Bertz CT molecular complexity index is 1670. The Labute approximate surface area is 277 Å². The molecule has 3 N–H and O–H groups in total. The van der Waals surface area contributed by atoms with Crippen molar-refractivity contribution in [3.63, 3.8) is 0 Å². The lowest BCUT2D eigenvalue weighted by molar-refractivity contribution is -0.256. The molecule has 10 atom stereocenters. The Morgan fingerprint density at radius 1 is 1.04 bits per heavy atom. The van der Waals surface area contributed by atoms with Gasteiger partial charge in [0, 0.05) is 44.3 Å². The summed E-state index contributed by atoms with van der Waals surface area (Å²) in [5, 5.41) is 25.3. The highest BCUT2D eigenvalue weighted by atomic mass is 32.2. The Morgan fingerprint density at radius 2 is 1.70 bits per heavy atom. The third-order valence-electron chi connectivity index (χ3n) is 11.9. The van der Waals surface area contributed by atoms with E-state index < -0.39 is 76.3 Å². The van der Waals surface area contributed by atoms with E-state index in [1.165, 1.54) is 12.2 Å². The number of aliphatic hydroxyl groups is 2. The first-order valence-corrected chi connectivity index (χ1v) is 17.2. The van der Waals surface area contributed by atoms with Crippen LogP contribution in [0.1, 0.15) is 52.5 Å². The number of carbonyl (C=O) groups excluding carboxylic acids is 2. The van der Waals surface area contributed by atoms with Gasteiger partial charge in [0.2, 0.25) is 0 Å². The first-order valence-electron chi connectivity index (χ1n) is 16.4. The molecule has 3 saturated carbocycles. The van der Waals surface area contributed by atoms with Crippen LogP contribution in [0.15, 0.2) is 82.1 Å². The minimum absolute atomic E-state index is 0.0398. The number of hydrogen-bond donors (Lipinski definition) is 3. The number of ketones is 2. The molecule has 250 valence electrons. The summed E-state index contributed by atoms with van der Waals surface area (Å²) in [6.07, 6.45) is -0.519. The van der Waals surface area contributed by atoms with Crippen LogP contribution in [0.3, 0.4) is 0 Å². The largest absolute Gasteiger partial charge is 0.390 e. The van der Waals surface area contributed by atoms with E-state index in [2.05, 4.69) is 5.32 Å².